The van der Waals surface area contributed by atoms with E-state index < -0.39 is 0 Å². The predicted octanol–water partition coefficient (Wildman–Crippen LogP) is 3.55. The minimum absolute atomic E-state index is 0.0781. The third kappa shape index (κ3) is 4.62. The van der Waals surface area contributed by atoms with Crippen LogP contribution < -0.4 is 5.32 Å². The van der Waals surface area contributed by atoms with Gasteiger partial charge in [0, 0.05) is 5.02 Å². The molecule has 0 spiro atoms. The van der Waals surface area contributed by atoms with Crippen LogP contribution in [0.15, 0.2) is 18.2 Å². The highest BCUT2D eigenvalue weighted by Crippen LogP contribution is 2.24. The van der Waals surface area contributed by atoms with Crippen LogP contribution in [0.5, 0.6) is 0 Å². The highest BCUT2D eigenvalue weighted by molar-refractivity contribution is 6.31. The standard InChI is InChI=1S/C13H19ClFNO/c1-4-16-13(8-17-9(2)3)11-7-10(15)5-6-12(11)14/h5-7,9,13,16H,4,8H2,1-3H3. The highest BCUT2D eigenvalue weighted by atomic mass is 35.5. The average Bonchev–Trinajstić information content (AvgIpc) is 2.27. The molecule has 0 fully saturated rings. The van der Waals surface area contributed by atoms with Crippen LogP contribution >= 0.6 is 11.6 Å². The lowest BCUT2D eigenvalue weighted by Crippen LogP contribution is -2.27. The second-order valence-electron chi connectivity index (χ2n) is 4.16. The fourth-order valence-corrected chi connectivity index (χ4v) is 1.82. The van der Waals surface area contributed by atoms with E-state index in [4.69, 9.17) is 16.3 Å². The third-order valence-electron chi connectivity index (χ3n) is 2.38. The predicted molar refractivity (Wildman–Crippen MR) is 68.9 cm³/mol. The second-order valence-corrected chi connectivity index (χ2v) is 4.57. The summed E-state index contributed by atoms with van der Waals surface area (Å²) in [5, 5.41) is 3.81. The zero-order valence-electron chi connectivity index (χ0n) is 10.5. The van der Waals surface area contributed by atoms with E-state index in [0.29, 0.717) is 11.6 Å². The Balaban J connectivity index is 2.84. The smallest absolute Gasteiger partial charge is 0.123 e. The molecule has 1 N–H and O–H groups in total. The van der Waals surface area contributed by atoms with Crippen molar-refractivity contribution in [2.45, 2.75) is 32.9 Å². The van der Waals surface area contributed by atoms with E-state index >= 15 is 0 Å². The number of benzene rings is 1. The maximum absolute atomic E-state index is 13.2. The Morgan fingerprint density at radius 3 is 2.71 bits per heavy atom. The van der Waals surface area contributed by atoms with Gasteiger partial charge in [0.05, 0.1) is 18.8 Å². The molecule has 0 saturated heterocycles. The molecule has 0 radical (unpaired) electrons. The topological polar surface area (TPSA) is 21.3 Å². The van der Waals surface area contributed by atoms with Gasteiger partial charge in [0.25, 0.3) is 0 Å². The number of nitrogens with one attached hydrogen (secondary N) is 1. The minimum atomic E-state index is -0.281. The lowest BCUT2D eigenvalue weighted by atomic mass is 10.1. The minimum Gasteiger partial charge on any atom is -0.377 e. The number of rotatable bonds is 6. The van der Waals surface area contributed by atoms with Gasteiger partial charge in [-0.3, -0.25) is 0 Å². The van der Waals surface area contributed by atoms with Crippen LogP contribution in [-0.2, 0) is 4.74 Å². The van der Waals surface area contributed by atoms with Crippen molar-refractivity contribution >= 4 is 11.6 Å². The normalized spacial score (nSPS) is 13.1. The molecular weight excluding hydrogens is 241 g/mol. The van der Waals surface area contributed by atoms with E-state index in [1.807, 2.05) is 20.8 Å². The summed E-state index contributed by atoms with van der Waals surface area (Å²) >= 11 is 6.08. The van der Waals surface area contributed by atoms with E-state index in [9.17, 15) is 4.39 Å². The summed E-state index contributed by atoms with van der Waals surface area (Å²) in [6, 6.07) is 4.31. The molecule has 0 amide bonds. The quantitative estimate of drug-likeness (QED) is 0.844. The Hall–Kier alpha value is -0.640. The fourth-order valence-electron chi connectivity index (χ4n) is 1.58. The summed E-state index contributed by atoms with van der Waals surface area (Å²) < 4.78 is 18.8. The summed E-state index contributed by atoms with van der Waals surface area (Å²) in [6.45, 7) is 7.19. The van der Waals surface area contributed by atoms with Crippen molar-refractivity contribution in [3.05, 3.63) is 34.6 Å². The van der Waals surface area contributed by atoms with Crippen LogP contribution in [0.25, 0.3) is 0 Å². The lowest BCUT2D eigenvalue weighted by molar-refractivity contribution is 0.0614. The van der Waals surface area contributed by atoms with Crippen LogP contribution in [0.2, 0.25) is 5.02 Å². The molecular formula is C13H19ClFNO. The summed E-state index contributed by atoms with van der Waals surface area (Å²) in [5.41, 5.74) is 0.745. The molecule has 0 saturated carbocycles. The maximum atomic E-state index is 13.2. The van der Waals surface area contributed by atoms with Crippen LogP contribution in [-0.4, -0.2) is 19.3 Å². The first-order chi connectivity index (χ1) is 8.04. The van der Waals surface area contributed by atoms with Crippen LogP contribution in [0.1, 0.15) is 32.4 Å². The Bertz CT molecular complexity index is 357. The van der Waals surface area contributed by atoms with Gasteiger partial charge in [-0.2, -0.15) is 0 Å². The van der Waals surface area contributed by atoms with Gasteiger partial charge in [-0.25, -0.2) is 4.39 Å². The summed E-state index contributed by atoms with van der Waals surface area (Å²) in [7, 11) is 0. The molecule has 4 heteroatoms. The van der Waals surface area contributed by atoms with Crippen LogP contribution in [0.3, 0.4) is 0 Å². The number of ether oxygens (including phenoxy) is 1. The molecule has 1 rings (SSSR count). The van der Waals surface area contributed by atoms with Crippen molar-refractivity contribution in [2.24, 2.45) is 0 Å². The Morgan fingerprint density at radius 1 is 1.41 bits per heavy atom. The monoisotopic (exact) mass is 259 g/mol. The van der Waals surface area contributed by atoms with Crippen LogP contribution in [0.4, 0.5) is 4.39 Å². The van der Waals surface area contributed by atoms with Crippen LogP contribution in [0, 0.1) is 5.82 Å². The number of likely N-dealkylation sites (N-methyl/N-ethyl adjacent to an activating group) is 1. The van der Waals surface area contributed by atoms with E-state index in [-0.39, 0.29) is 18.0 Å². The third-order valence-corrected chi connectivity index (χ3v) is 2.72. The lowest BCUT2D eigenvalue weighted by Gasteiger charge is -2.21. The fraction of sp³-hybridized carbons (Fsp3) is 0.538. The molecule has 0 aliphatic heterocycles. The SMILES string of the molecule is CCNC(COC(C)C)c1cc(F)ccc1Cl. The molecule has 0 aliphatic rings. The van der Waals surface area contributed by atoms with Gasteiger partial charge in [-0.15, -0.1) is 0 Å². The second kappa shape index (κ2) is 6.94. The Morgan fingerprint density at radius 2 is 2.12 bits per heavy atom. The molecule has 0 heterocycles. The van der Waals surface area contributed by atoms with Crippen molar-refractivity contribution in [2.75, 3.05) is 13.2 Å². The van der Waals surface area contributed by atoms with Crippen molar-refractivity contribution in [1.82, 2.24) is 5.32 Å². The summed E-state index contributed by atoms with van der Waals surface area (Å²) in [5.74, 6) is -0.281. The number of hydrogen-bond donors (Lipinski definition) is 1. The van der Waals surface area contributed by atoms with Gasteiger partial charge in [-0.05, 0) is 44.2 Å². The summed E-state index contributed by atoms with van der Waals surface area (Å²) in [6.07, 6.45) is 0.142. The first-order valence-corrected chi connectivity index (χ1v) is 6.22. The molecule has 96 valence electrons. The van der Waals surface area contributed by atoms with Gasteiger partial charge < -0.3 is 10.1 Å². The molecule has 1 atom stereocenters. The molecule has 1 aromatic rings. The van der Waals surface area contributed by atoms with Gasteiger partial charge >= 0.3 is 0 Å². The zero-order valence-corrected chi connectivity index (χ0v) is 11.2. The molecule has 0 aromatic heterocycles. The Kier molecular flexibility index (Phi) is 5.89. The number of hydrogen-bond acceptors (Lipinski definition) is 2. The van der Waals surface area contributed by atoms with Crippen molar-refractivity contribution < 1.29 is 9.13 Å². The van der Waals surface area contributed by atoms with Gasteiger partial charge in [-0.1, -0.05) is 18.5 Å². The van der Waals surface area contributed by atoms with E-state index in [1.54, 1.807) is 6.07 Å². The van der Waals surface area contributed by atoms with Gasteiger partial charge in [0.1, 0.15) is 5.82 Å². The Labute approximate surface area is 107 Å². The zero-order chi connectivity index (χ0) is 12.8. The largest absolute Gasteiger partial charge is 0.377 e. The molecule has 2 nitrogen and oxygen atoms in total. The van der Waals surface area contributed by atoms with Crippen molar-refractivity contribution in [3.63, 3.8) is 0 Å². The number of halogens is 2. The van der Waals surface area contributed by atoms with Crippen molar-refractivity contribution in [1.29, 1.82) is 0 Å². The van der Waals surface area contributed by atoms with E-state index in [1.165, 1.54) is 12.1 Å². The van der Waals surface area contributed by atoms with E-state index in [0.717, 1.165) is 12.1 Å². The summed E-state index contributed by atoms with van der Waals surface area (Å²) in [4.78, 5) is 0. The molecule has 1 aromatic carbocycles. The molecule has 17 heavy (non-hydrogen) atoms. The molecule has 1 unspecified atom stereocenters. The molecule has 0 aliphatic carbocycles. The van der Waals surface area contributed by atoms with E-state index in [2.05, 4.69) is 5.32 Å². The van der Waals surface area contributed by atoms with Gasteiger partial charge in [0.15, 0.2) is 0 Å². The maximum Gasteiger partial charge on any atom is 0.123 e. The van der Waals surface area contributed by atoms with Gasteiger partial charge in [0.2, 0.25) is 0 Å². The average molecular weight is 260 g/mol. The highest BCUT2D eigenvalue weighted by Gasteiger charge is 2.15. The molecule has 0 bridgehead atoms. The first-order valence-electron chi connectivity index (χ1n) is 5.84. The van der Waals surface area contributed by atoms with Crippen molar-refractivity contribution in [3.8, 4) is 0 Å². The first kappa shape index (κ1) is 14.4.